The van der Waals surface area contributed by atoms with Crippen LogP contribution in [0.3, 0.4) is 0 Å². The Bertz CT molecular complexity index is 1510. The number of ether oxygens (including phenoxy) is 1. The van der Waals surface area contributed by atoms with Gasteiger partial charge in [-0.15, -0.1) is 0 Å². The zero-order valence-electron chi connectivity index (χ0n) is 23.1. The lowest BCUT2D eigenvalue weighted by Gasteiger charge is -2.41. The maximum atomic E-state index is 13.7. The number of allylic oxidation sites excluding steroid dienone is 6. The Hall–Kier alpha value is -4.54. The fourth-order valence-corrected chi connectivity index (χ4v) is 6.41. The second kappa shape index (κ2) is 10.5. The van der Waals surface area contributed by atoms with Crippen LogP contribution in [0.25, 0.3) is 5.76 Å². The third kappa shape index (κ3) is 4.85. The van der Waals surface area contributed by atoms with Crippen molar-refractivity contribution in [3.8, 4) is 5.75 Å². The van der Waals surface area contributed by atoms with Gasteiger partial charge in [0.2, 0.25) is 0 Å². The number of nitrogens with zero attached hydrogens (tertiary/aromatic N) is 1. The van der Waals surface area contributed by atoms with Crippen LogP contribution < -0.4 is 16.0 Å². The highest BCUT2D eigenvalue weighted by atomic mass is 16.6. The Balaban J connectivity index is 1.50. The third-order valence-corrected chi connectivity index (χ3v) is 8.39. The van der Waals surface area contributed by atoms with Crippen molar-refractivity contribution >= 4 is 35.0 Å². The van der Waals surface area contributed by atoms with Gasteiger partial charge >= 0.3 is 6.09 Å². The van der Waals surface area contributed by atoms with Gasteiger partial charge in [-0.25, -0.2) is 4.79 Å². The second-order valence-corrected chi connectivity index (χ2v) is 11.3. The summed E-state index contributed by atoms with van der Waals surface area (Å²) in [5, 5.41) is 36.1. The number of hydrogen-bond acceptors (Lipinski definition) is 9. The summed E-state index contributed by atoms with van der Waals surface area (Å²) in [7, 11) is 3.60. The van der Waals surface area contributed by atoms with Gasteiger partial charge in [-0.3, -0.25) is 14.4 Å². The van der Waals surface area contributed by atoms with E-state index >= 15 is 0 Å². The van der Waals surface area contributed by atoms with Crippen LogP contribution in [-0.4, -0.2) is 53.0 Å². The highest BCUT2D eigenvalue weighted by Crippen LogP contribution is 2.52. The Morgan fingerprint density at radius 3 is 2.49 bits per heavy atom. The Morgan fingerprint density at radius 2 is 1.85 bits per heavy atom. The zero-order chi connectivity index (χ0) is 29.7. The van der Waals surface area contributed by atoms with Gasteiger partial charge in [0.1, 0.15) is 28.6 Å². The number of phenolic OH excluding ortho intramolecular Hbond substituents is 1. The fourth-order valence-electron chi connectivity index (χ4n) is 6.41. The molecular weight excluding hydrogens is 530 g/mol. The predicted molar refractivity (Wildman–Crippen MR) is 149 cm³/mol. The summed E-state index contributed by atoms with van der Waals surface area (Å²) in [6.45, 7) is 1.88. The van der Waals surface area contributed by atoms with Crippen LogP contribution in [0.5, 0.6) is 5.75 Å². The Kier molecular flexibility index (Phi) is 7.14. The van der Waals surface area contributed by atoms with E-state index in [1.54, 1.807) is 26.2 Å². The monoisotopic (exact) mass is 563 g/mol. The van der Waals surface area contributed by atoms with Crippen molar-refractivity contribution in [3.05, 3.63) is 63.1 Å². The van der Waals surface area contributed by atoms with E-state index in [0.717, 1.165) is 6.42 Å². The molecule has 0 spiro atoms. The van der Waals surface area contributed by atoms with E-state index in [1.165, 1.54) is 5.57 Å². The van der Waals surface area contributed by atoms with E-state index in [1.807, 2.05) is 17.9 Å². The van der Waals surface area contributed by atoms with Crippen LogP contribution in [0.1, 0.15) is 49.3 Å². The number of rotatable bonds is 5. The first-order valence-electron chi connectivity index (χ1n) is 13.5. The normalized spacial score (nSPS) is 23.6. The van der Waals surface area contributed by atoms with Crippen LogP contribution in [0, 0.1) is 17.8 Å². The molecule has 0 radical (unpaired) electrons. The number of primary amides is 1. The molecule has 11 heteroatoms. The van der Waals surface area contributed by atoms with Crippen molar-refractivity contribution in [1.82, 2.24) is 5.32 Å². The lowest BCUT2D eigenvalue weighted by Crippen LogP contribution is -2.44. The minimum atomic E-state index is -1.19. The number of nitrogens with two attached hydrogens (primary N) is 1. The number of benzene rings is 1. The quantitative estimate of drug-likeness (QED) is 0.336. The largest absolute Gasteiger partial charge is 0.511 e. The first-order chi connectivity index (χ1) is 19.4. The van der Waals surface area contributed by atoms with Crippen LogP contribution in [0.15, 0.2) is 46.5 Å². The number of amides is 2. The van der Waals surface area contributed by atoms with Gasteiger partial charge in [0.25, 0.3) is 5.91 Å². The fraction of sp³-hybridized carbons (Fsp3) is 0.400. The van der Waals surface area contributed by atoms with Gasteiger partial charge in [0, 0.05) is 50.3 Å². The number of aliphatic hydroxyl groups excluding tert-OH is 2. The van der Waals surface area contributed by atoms with Gasteiger partial charge in [-0.05, 0) is 55.7 Å². The molecule has 1 fully saturated rings. The van der Waals surface area contributed by atoms with Crippen LogP contribution >= 0.6 is 0 Å². The molecule has 6 N–H and O–H groups in total. The molecule has 1 aromatic rings. The number of aliphatic hydroxyl groups is 2. The first-order valence-corrected chi connectivity index (χ1v) is 13.5. The lowest BCUT2D eigenvalue weighted by molar-refractivity contribution is -0.127. The molecule has 2 amide bonds. The highest BCUT2D eigenvalue weighted by Gasteiger charge is 2.51. The van der Waals surface area contributed by atoms with Crippen molar-refractivity contribution < 1.29 is 39.2 Å². The van der Waals surface area contributed by atoms with Crippen molar-refractivity contribution in [1.29, 1.82) is 0 Å². The highest BCUT2D eigenvalue weighted by molar-refractivity contribution is 6.21. The van der Waals surface area contributed by atoms with Crippen molar-refractivity contribution in [2.45, 2.75) is 45.6 Å². The maximum absolute atomic E-state index is 13.7. The number of aromatic hydroxyl groups is 1. The number of alkyl carbamates (subject to hydrolysis) is 1. The number of anilines is 1. The molecule has 0 heterocycles. The number of fused-ring (bicyclic) bond motifs is 3. The predicted octanol–water partition coefficient (Wildman–Crippen LogP) is 3.23. The van der Waals surface area contributed by atoms with Crippen LogP contribution in [0.2, 0.25) is 0 Å². The molecule has 1 aromatic carbocycles. The van der Waals surface area contributed by atoms with Gasteiger partial charge in [-0.2, -0.15) is 0 Å². The minimum absolute atomic E-state index is 0.0283. The van der Waals surface area contributed by atoms with E-state index in [-0.39, 0.29) is 29.9 Å². The molecule has 11 nitrogen and oxygen atoms in total. The average Bonchev–Trinajstić information content (AvgIpc) is 2.88. The van der Waals surface area contributed by atoms with Crippen LogP contribution in [0.4, 0.5) is 10.5 Å². The van der Waals surface area contributed by atoms with E-state index in [9.17, 15) is 34.5 Å². The molecule has 216 valence electrons. The van der Waals surface area contributed by atoms with Crippen molar-refractivity contribution in [2.24, 2.45) is 23.5 Å². The number of phenols is 1. The number of carbonyl (C=O) groups excluding carboxylic acids is 4. The molecule has 3 unspecified atom stereocenters. The summed E-state index contributed by atoms with van der Waals surface area (Å²) in [5.41, 5.74) is 7.59. The average molecular weight is 564 g/mol. The van der Waals surface area contributed by atoms with Gasteiger partial charge in [0.05, 0.1) is 11.5 Å². The summed E-state index contributed by atoms with van der Waals surface area (Å²) in [5.74, 6) is -5.39. The molecule has 0 aromatic heterocycles. The molecule has 0 bridgehead atoms. The molecule has 0 saturated heterocycles. The SMILES string of the molecule is CC1=CC=C(OC(=O)NCc2cc(N(C)C)c3c(c2O)C(O)=C2C(=O)C4C(O)=C(C(N)=O)C(=O)CC4CC2C3)CC1. The lowest BCUT2D eigenvalue weighted by atomic mass is 9.61. The number of Topliss-reactive ketones (excluding diaryl/α,β-unsaturated/α-hetero) is 2. The molecule has 1 saturated carbocycles. The smallest absolute Gasteiger partial charge is 0.412 e. The molecule has 3 atom stereocenters. The first kappa shape index (κ1) is 28.0. The Morgan fingerprint density at radius 1 is 1.12 bits per heavy atom. The molecule has 4 aliphatic carbocycles. The molecule has 5 rings (SSSR count). The summed E-state index contributed by atoms with van der Waals surface area (Å²) >= 11 is 0. The minimum Gasteiger partial charge on any atom is -0.511 e. The van der Waals surface area contributed by atoms with E-state index in [0.29, 0.717) is 41.8 Å². The zero-order valence-corrected chi connectivity index (χ0v) is 23.1. The van der Waals surface area contributed by atoms with Gasteiger partial charge < -0.3 is 36.0 Å². The topological polar surface area (TPSA) is 179 Å². The molecular formula is C30H33N3O8. The number of carbonyl (C=O) groups is 4. The molecule has 41 heavy (non-hydrogen) atoms. The third-order valence-electron chi connectivity index (χ3n) is 8.39. The number of nitrogens with one attached hydrogen (secondary N) is 1. The van der Waals surface area contributed by atoms with Crippen LogP contribution in [-0.2, 0) is 32.1 Å². The van der Waals surface area contributed by atoms with Crippen molar-refractivity contribution in [2.75, 3.05) is 19.0 Å². The molecule has 0 aliphatic heterocycles. The summed E-state index contributed by atoms with van der Waals surface area (Å²) in [6, 6.07) is 1.71. The van der Waals surface area contributed by atoms with Gasteiger partial charge in [0.15, 0.2) is 11.6 Å². The van der Waals surface area contributed by atoms with Crippen molar-refractivity contribution in [3.63, 3.8) is 0 Å². The standard InChI is InChI=1S/C30H33N3O8/c1-13-4-6-17(7-5-13)41-30(40)32-12-16-10-19(33(2)3)18-9-14-8-15-11-20(34)24(29(31)39)28(38)22(15)26(36)21(14)27(37)23(18)25(16)35/h4,6,10,14-15,22,35,37-38H,5,7-9,11-12H2,1-3H3,(H2,31,39)(H,32,40). The maximum Gasteiger partial charge on any atom is 0.412 e. The molecule has 4 aliphatic rings. The summed E-state index contributed by atoms with van der Waals surface area (Å²) < 4.78 is 5.38. The second-order valence-electron chi connectivity index (χ2n) is 11.3. The van der Waals surface area contributed by atoms with E-state index in [4.69, 9.17) is 10.5 Å². The number of hydrogen-bond donors (Lipinski definition) is 5. The van der Waals surface area contributed by atoms with Gasteiger partial charge in [-0.1, -0.05) is 11.6 Å². The summed E-state index contributed by atoms with van der Waals surface area (Å²) in [4.78, 5) is 52.3. The van der Waals surface area contributed by atoms with E-state index < -0.39 is 58.4 Å². The Labute approximate surface area is 236 Å². The van der Waals surface area contributed by atoms with E-state index in [2.05, 4.69) is 5.32 Å². The summed E-state index contributed by atoms with van der Waals surface area (Å²) in [6.07, 6.45) is 4.82. The number of ketones is 2.